The largest absolute Gasteiger partial charge is 0.481 e. The number of hydrogen-bond acceptors (Lipinski definition) is 5. The van der Waals surface area contributed by atoms with Crippen molar-refractivity contribution in [3.05, 3.63) is 34.5 Å². The molecule has 2 rings (SSSR count). The molecule has 2 aromatic rings. The first kappa shape index (κ1) is 14.0. The fraction of sp³-hybridized carbons (Fsp3) is 0.417. The Morgan fingerprint density at radius 1 is 1.47 bits per heavy atom. The number of aliphatic hydroxyl groups excluding tert-OH is 1. The third-order valence-electron chi connectivity index (χ3n) is 2.68. The standard InChI is InChI=1S/C12H15BrN4O2/c1-3-4-17-11(8(13)6-16-17)12(18)9-5-10(19-2)15-7-14-9/h5-7,12,18H,3-4H2,1-2H3. The predicted octanol–water partition coefficient (Wildman–Crippen LogP) is 1.94. The zero-order valence-corrected chi connectivity index (χ0v) is 12.3. The lowest BCUT2D eigenvalue weighted by atomic mass is 10.2. The van der Waals surface area contributed by atoms with Crippen molar-refractivity contribution in [2.45, 2.75) is 26.0 Å². The number of ether oxygens (including phenoxy) is 1. The van der Waals surface area contributed by atoms with Gasteiger partial charge < -0.3 is 9.84 Å². The molecule has 0 aliphatic rings. The van der Waals surface area contributed by atoms with Crippen LogP contribution >= 0.6 is 15.9 Å². The molecular weight excluding hydrogens is 312 g/mol. The van der Waals surface area contributed by atoms with Crippen LogP contribution < -0.4 is 4.74 Å². The van der Waals surface area contributed by atoms with E-state index in [9.17, 15) is 5.11 Å². The number of halogens is 1. The number of aromatic nitrogens is 4. The maximum Gasteiger partial charge on any atom is 0.216 e. The van der Waals surface area contributed by atoms with E-state index in [2.05, 4.69) is 37.9 Å². The summed E-state index contributed by atoms with van der Waals surface area (Å²) in [5.41, 5.74) is 1.16. The topological polar surface area (TPSA) is 73.1 Å². The Balaban J connectivity index is 2.37. The van der Waals surface area contributed by atoms with E-state index in [0.717, 1.165) is 17.4 Å². The van der Waals surface area contributed by atoms with E-state index in [-0.39, 0.29) is 0 Å². The zero-order valence-electron chi connectivity index (χ0n) is 10.7. The van der Waals surface area contributed by atoms with E-state index in [4.69, 9.17) is 4.74 Å². The molecular formula is C12H15BrN4O2. The second-order valence-corrected chi connectivity index (χ2v) is 4.84. The average molecular weight is 327 g/mol. The van der Waals surface area contributed by atoms with E-state index in [1.54, 1.807) is 16.9 Å². The molecule has 0 amide bonds. The number of methoxy groups -OCH3 is 1. The van der Waals surface area contributed by atoms with Crippen molar-refractivity contribution in [3.8, 4) is 5.88 Å². The Kier molecular flexibility index (Phi) is 4.49. The SMILES string of the molecule is CCCn1ncc(Br)c1C(O)c1cc(OC)ncn1. The summed E-state index contributed by atoms with van der Waals surface area (Å²) in [4.78, 5) is 8.01. The average Bonchev–Trinajstić information content (AvgIpc) is 2.79. The molecule has 19 heavy (non-hydrogen) atoms. The van der Waals surface area contributed by atoms with Crippen molar-refractivity contribution in [2.75, 3.05) is 7.11 Å². The van der Waals surface area contributed by atoms with Gasteiger partial charge in [0.1, 0.15) is 12.4 Å². The molecule has 0 saturated heterocycles. The van der Waals surface area contributed by atoms with Crippen molar-refractivity contribution < 1.29 is 9.84 Å². The molecule has 0 radical (unpaired) electrons. The Morgan fingerprint density at radius 3 is 2.95 bits per heavy atom. The van der Waals surface area contributed by atoms with Crippen LogP contribution in [0.1, 0.15) is 30.8 Å². The molecule has 0 aliphatic carbocycles. The Bertz CT molecular complexity index is 558. The van der Waals surface area contributed by atoms with Gasteiger partial charge in [-0.25, -0.2) is 9.97 Å². The fourth-order valence-electron chi connectivity index (χ4n) is 1.79. The van der Waals surface area contributed by atoms with E-state index in [1.807, 2.05) is 0 Å². The number of nitrogens with zero attached hydrogens (tertiary/aromatic N) is 4. The summed E-state index contributed by atoms with van der Waals surface area (Å²) in [6, 6.07) is 1.61. The minimum Gasteiger partial charge on any atom is -0.481 e. The molecule has 1 atom stereocenters. The molecule has 1 N–H and O–H groups in total. The van der Waals surface area contributed by atoms with Crippen LogP contribution in [0.3, 0.4) is 0 Å². The van der Waals surface area contributed by atoms with Gasteiger partial charge in [0.25, 0.3) is 0 Å². The molecule has 102 valence electrons. The summed E-state index contributed by atoms with van der Waals surface area (Å²) in [6.45, 7) is 2.79. The van der Waals surface area contributed by atoms with Crippen molar-refractivity contribution in [1.82, 2.24) is 19.7 Å². The molecule has 0 saturated carbocycles. The van der Waals surface area contributed by atoms with E-state index in [0.29, 0.717) is 17.3 Å². The van der Waals surface area contributed by atoms with Crippen LogP contribution in [0.4, 0.5) is 0 Å². The van der Waals surface area contributed by atoms with Crippen LogP contribution in [0, 0.1) is 0 Å². The van der Waals surface area contributed by atoms with Crippen molar-refractivity contribution in [3.63, 3.8) is 0 Å². The van der Waals surface area contributed by atoms with Crippen LogP contribution in [0.25, 0.3) is 0 Å². The minimum absolute atomic E-state index is 0.418. The second-order valence-electron chi connectivity index (χ2n) is 3.99. The second kappa shape index (κ2) is 6.12. The smallest absolute Gasteiger partial charge is 0.216 e. The van der Waals surface area contributed by atoms with E-state index < -0.39 is 6.10 Å². The molecule has 0 spiro atoms. The maximum absolute atomic E-state index is 10.5. The monoisotopic (exact) mass is 326 g/mol. The number of aryl methyl sites for hydroxylation is 1. The van der Waals surface area contributed by atoms with Crippen molar-refractivity contribution >= 4 is 15.9 Å². The highest BCUT2D eigenvalue weighted by Gasteiger charge is 2.21. The summed E-state index contributed by atoms with van der Waals surface area (Å²) in [5, 5.41) is 14.7. The van der Waals surface area contributed by atoms with Gasteiger partial charge in [-0.1, -0.05) is 6.92 Å². The predicted molar refractivity (Wildman–Crippen MR) is 72.9 cm³/mol. The van der Waals surface area contributed by atoms with Crippen LogP contribution in [0.15, 0.2) is 23.1 Å². The Labute approximate surface area is 119 Å². The first-order valence-corrected chi connectivity index (χ1v) is 6.71. The lowest BCUT2D eigenvalue weighted by Gasteiger charge is -2.13. The van der Waals surface area contributed by atoms with Gasteiger partial charge in [0.15, 0.2) is 0 Å². The third kappa shape index (κ3) is 2.93. The Hall–Kier alpha value is -1.47. The van der Waals surface area contributed by atoms with Gasteiger partial charge in [0, 0.05) is 12.6 Å². The number of hydrogen-bond donors (Lipinski definition) is 1. The van der Waals surface area contributed by atoms with Crippen LogP contribution in [0.2, 0.25) is 0 Å². The molecule has 0 bridgehead atoms. The highest BCUT2D eigenvalue weighted by atomic mass is 79.9. The van der Waals surface area contributed by atoms with Crippen LogP contribution in [0.5, 0.6) is 5.88 Å². The lowest BCUT2D eigenvalue weighted by molar-refractivity contribution is 0.201. The quantitative estimate of drug-likeness (QED) is 0.908. The third-order valence-corrected chi connectivity index (χ3v) is 3.29. The highest BCUT2D eigenvalue weighted by molar-refractivity contribution is 9.10. The molecule has 6 nitrogen and oxygen atoms in total. The van der Waals surface area contributed by atoms with Crippen molar-refractivity contribution in [1.29, 1.82) is 0 Å². The Morgan fingerprint density at radius 2 is 2.26 bits per heavy atom. The van der Waals surface area contributed by atoms with Gasteiger partial charge >= 0.3 is 0 Å². The molecule has 0 aliphatic heterocycles. The molecule has 0 fully saturated rings. The van der Waals surface area contributed by atoms with Crippen LogP contribution in [-0.4, -0.2) is 32.0 Å². The van der Waals surface area contributed by atoms with Gasteiger partial charge in [-0.3, -0.25) is 4.68 Å². The number of rotatable bonds is 5. The summed E-state index contributed by atoms with van der Waals surface area (Å²) >= 11 is 3.40. The van der Waals surface area contributed by atoms with E-state index >= 15 is 0 Å². The van der Waals surface area contributed by atoms with Gasteiger partial charge in [0.05, 0.1) is 29.2 Å². The van der Waals surface area contributed by atoms with Crippen molar-refractivity contribution in [2.24, 2.45) is 0 Å². The van der Waals surface area contributed by atoms with Gasteiger partial charge in [-0.15, -0.1) is 0 Å². The summed E-state index contributed by atoms with van der Waals surface area (Å²) in [6.07, 6.45) is 3.10. The molecule has 0 aromatic carbocycles. The first-order chi connectivity index (χ1) is 9.17. The van der Waals surface area contributed by atoms with Crippen LogP contribution in [-0.2, 0) is 6.54 Å². The molecule has 1 unspecified atom stereocenters. The van der Waals surface area contributed by atoms with Gasteiger partial charge in [-0.05, 0) is 22.4 Å². The first-order valence-electron chi connectivity index (χ1n) is 5.92. The highest BCUT2D eigenvalue weighted by Crippen LogP contribution is 2.28. The summed E-state index contributed by atoms with van der Waals surface area (Å²) in [5.74, 6) is 0.418. The molecule has 7 heteroatoms. The summed E-state index contributed by atoms with van der Waals surface area (Å²) < 4.78 is 7.56. The summed E-state index contributed by atoms with van der Waals surface area (Å²) in [7, 11) is 1.52. The zero-order chi connectivity index (χ0) is 13.8. The molecule has 2 heterocycles. The maximum atomic E-state index is 10.5. The fourth-order valence-corrected chi connectivity index (χ4v) is 2.30. The van der Waals surface area contributed by atoms with Gasteiger partial charge in [0.2, 0.25) is 5.88 Å². The van der Waals surface area contributed by atoms with E-state index in [1.165, 1.54) is 13.4 Å². The minimum atomic E-state index is -0.875. The number of aliphatic hydroxyl groups is 1. The normalized spacial score (nSPS) is 12.4. The lowest BCUT2D eigenvalue weighted by Crippen LogP contribution is -2.12. The molecule has 2 aromatic heterocycles. The van der Waals surface area contributed by atoms with Gasteiger partial charge in [-0.2, -0.15) is 5.10 Å².